The van der Waals surface area contributed by atoms with Crippen molar-refractivity contribution in [2.45, 2.75) is 11.8 Å². The Labute approximate surface area is 190 Å². The van der Waals surface area contributed by atoms with Gasteiger partial charge in [0.15, 0.2) is 0 Å². The van der Waals surface area contributed by atoms with Crippen LogP contribution in [0.15, 0.2) is 77.7 Å². The number of anilines is 2. The van der Waals surface area contributed by atoms with Crippen LogP contribution in [-0.4, -0.2) is 28.0 Å². The zero-order valence-corrected chi connectivity index (χ0v) is 19.5. The number of hydrogen-bond acceptors (Lipinski definition) is 4. The summed E-state index contributed by atoms with van der Waals surface area (Å²) >= 11 is 2.19. The molecule has 0 bridgehead atoms. The summed E-state index contributed by atoms with van der Waals surface area (Å²) in [5.41, 5.74) is 1.82. The molecule has 8 heteroatoms. The molecule has 0 unspecified atom stereocenters. The van der Waals surface area contributed by atoms with Crippen molar-refractivity contribution >= 4 is 49.9 Å². The van der Waals surface area contributed by atoms with E-state index in [9.17, 15) is 13.2 Å². The third kappa shape index (κ3) is 4.93. The normalized spacial score (nSPS) is 11.0. The Bertz CT molecular complexity index is 1150. The van der Waals surface area contributed by atoms with Gasteiger partial charge in [-0.15, -0.1) is 0 Å². The van der Waals surface area contributed by atoms with Crippen LogP contribution >= 0.6 is 22.6 Å². The van der Waals surface area contributed by atoms with Gasteiger partial charge < -0.3 is 10.1 Å². The zero-order chi connectivity index (χ0) is 21.7. The van der Waals surface area contributed by atoms with Gasteiger partial charge in [0.05, 0.1) is 17.7 Å². The maximum atomic E-state index is 13.4. The number of benzene rings is 3. The number of rotatable bonds is 7. The molecule has 3 rings (SSSR count). The summed E-state index contributed by atoms with van der Waals surface area (Å²) in [6.07, 6.45) is 0. The predicted molar refractivity (Wildman–Crippen MR) is 126 cm³/mol. The fourth-order valence-electron chi connectivity index (χ4n) is 2.94. The van der Waals surface area contributed by atoms with E-state index in [2.05, 4.69) is 27.9 Å². The van der Waals surface area contributed by atoms with E-state index in [-0.39, 0.29) is 4.90 Å². The fraction of sp³-hybridized carbons (Fsp3) is 0.136. The van der Waals surface area contributed by atoms with Crippen molar-refractivity contribution in [3.05, 3.63) is 81.9 Å². The average Bonchev–Trinajstić information content (AvgIpc) is 2.74. The van der Waals surface area contributed by atoms with Gasteiger partial charge in [0.1, 0.15) is 12.3 Å². The molecule has 3 aromatic carbocycles. The van der Waals surface area contributed by atoms with Gasteiger partial charge in [-0.1, -0.05) is 30.3 Å². The minimum Gasteiger partial charge on any atom is -0.495 e. The van der Waals surface area contributed by atoms with E-state index >= 15 is 0 Å². The van der Waals surface area contributed by atoms with E-state index in [0.29, 0.717) is 17.1 Å². The maximum absolute atomic E-state index is 13.4. The highest BCUT2D eigenvalue weighted by Gasteiger charge is 2.29. The molecule has 0 radical (unpaired) electrons. The van der Waals surface area contributed by atoms with Crippen LogP contribution in [0.4, 0.5) is 11.4 Å². The first-order chi connectivity index (χ1) is 14.3. The van der Waals surface area contributed by atoms with Crippen LogP contribution in [0.5, 0.6) is 5.75 Å². The Morgan fingerprint density at radius 3 is 2.37 bits per heavy atom. The molecule has 0 fully saturated rings. The molecular formula is C22H21IN2O4S. The average molecular weight is 536 g/mol. The Kier molecular flexibility index (Phi) is 6.99. The van der Waals surface area contributed by atoms with Gasteiger partial charge >= 0.3 is 0 Å². The lowest BCUT2D eigenvalue weighted by Gasteiger charge is -2.25. The van der Waals surface area contributed by atoms with Crippen LogP contribution in [0, 0.1) is 10.5 Å². The molecule has 0 aliphatic heterocycles. The van der Waals surface area contributed by atoms with E-state index in [1.54, 1.807) is 48.5 Å². The summed E-state index contributed by atoms with van der Waals surface area (Å²) in [6, 6.07) is 20.3. The quantitative estimate of drug-likeness (QED) is 0.453. The molecule has 1 amide bonds. The maximum Gasteiger partial charge on any atom is 0.264 e. The summed E-state index contributed by atoms with van der Waals surface area (Å²) in [5.74, 6) is -0.0972. The second-order valence-corrected chi connectivity index (χ2v) is 9.61. The van der Waals surface area contributed by atoms with E-state index in [4.69, 9.17) is 4.74 Å². The van der Waals surface area contributed by atoms with Gasteiger partial charge in [0, 0.05) is 9.26 Å². The number of hydrogen-bond donors (Lipinski definition) is 1. The van der Waals surface area contributed by atoms with Gasteiger partial charge in [-0.25, -0.2) is 8.42 Å². The molecular weight excluding hydrogens is 515 g/mol. The number of amides is 1. The number of sulfonamides is 1. The summed E-state index contributed by atoms with van der Waals surface area (Å²) in [6.45, 7) is 1.49. The first-order valence-corrected chi connectivity index (χ1v) is 11.6. The second kappa shape index (κ2) is 9.48. The summed E-state index contributed by atoms with van der Waals surface area (Å²) in [4.78, 5) is 12.9. The lowest BCUT2D eigenvalue weighted by atomic mass is 10.2. The van der Waals surface area contributed by atoms with Gasteiger partial charge in [-0.05, 0) is 77.5 Å². The largest absolute Gasteiger partial charge is 0.495 e. The van der Waals surface area contributed by atoms with Gasteiger partial charge in [0.25, 0.3) is 10.0 Å². The summed E-state index contributed by atoms with van der Waals surface area (Å²) in [5, 5.41) is 2.81. The number of ether oxygens (including phenoxy) is 1. The van der Waals surface area contributed by atoms with E-state index in [1.807, 2.05) is 19.1 Å². The molecule has 0 saturated heterocycles. The Balaban J connectivity index is 1.98. The van der Waals surface area contributed by atoms with Gasteiger partial charge in [0.2, 0.25) is 5.91 Å². The number of carbonyl (C=O) groups is 1. The number of nitrogens with one attached hydrogen (secondary N) is 1. The molecule has 0 aromatic heterocycles. The van der Waals surface area contributed by atoms with E-state index in [1.165, 1.54) is 19.2 Å². The minimum atomic E-state index is -4.00. The molecule has 0 saturated carbocycles. The van der Waals surface area contributed by atoms with Crippen LogP contribution in [0.2, 0.25) is 0 Å². The second-order valence-electron chi connectivity index (χ2n) is 6.50. The first kappa shape index (κ1) is 22.1. The zero-order valence-electron chi connectivity index (χ0n) is 16.5. The van der Waals surface area contributed by atoms with Crippen molar-refractivity contribution in [3.8, 4) is 5.75 Å². The molecule has 1 N–H and O–H groups in total. The molecule has 0 heterocycles. The predicted octanol–water partition coefficient (Wildman–Crippen LogP) is 4.44. The number of para-hydroxylation sites is 2. The Morgan fingerprint density at radius 2 is 1.70 bits per heavy atom. The van der Waals surface area contributed by atoms with Crippen molar-refractivity contribution in [2.75, 3.05) is 23.3 Å². The lowest BCUT2D eigenvalue weighted by molar-refractivity contribution is -0.114. The van der Waals surface area contributed by atoms with Crippen LogP contribution in [-0.2, 0) is 14.8 Å². The van der Waals surface area contributed by atoms with Crippen molar-refractivity contribution in [3.63, 3.8) is 0 Å². The van der Waals surface area contributed by atoms with Crippen molar-refractivity contribution < 1.29 is 17.9 Å². The molecule has 0 aliphatic rings. The highest BCUT2D eigenvalue weighted by atomic mass is 127. The molecule has 6 nitrogen and oxygen atoms in total. The SMILES string of the molecule is COc1ccccc1N(CC(=O)Nc1ccc(I)cc1C)S(=O)(=O)c1ccccc1. The number of halogens is 1. The third-order valence-electron chi connectivity index (χ3n) is 4.43. The minimum absolute atomic E-state index is 0.0918. The van der Waals surface area contributed by atoms with E-state index < -0.39 is 22.5 Å². The number of aryl methyl sites for hydroxylation is 1. The van der Waals surface area contributed by atoms with Crippen LogP contribution in [0.25, 0.3) is 0 Å². The van der Waals surface area contributed by atoms with E-state index in [0.717, 1.165) is 13.4 Å². The standard InChI is InChI=1S/C22H21IN2O4S/c1-16-14-17(23)12-13-19(16)24-22(26)15-25(20-10-6-7-11-21(20)29-2)30(27,28)18-8-4-3-5-9-18/h3-14H,15H2,1-2H3,(H,24,26). The highest BCUT2D eigenvalue weighted by molar-refractivity contribution is 14.1. The fourth-order valence-corrected chi connectivity index (χ4v) is 5.04. The number of carbonyl (C=O) groups excluding carboxylic acids is 1. The Morgan fingerprint density at radius 1 is 1.03 bits per heavy atom. The number of nitrogens with zero attached hydrogens (tertiary/aromatic N) is 1. The summed E-state index contributed by atoms with van der Waals surface area (Å²) in [7, 11) is -2.54. The molecule has 30 heavy (non-hydrogen) atoms. The van der Waals surface area contributed by atoms with Crippen LogP contribution in [0.1, 0.15) is 5.56 Å². The molecule has 0 atom stereocenters. The molecule has 0 aliphatic carbocycles. The smallest absolute Gasteiger partial charge is 0.264 e. The molecule has 0 spiro atoms. The molecule has 3 aromatic rings. The monoisotopic (exact) mass is 536 g/mol. The number of methoxy groups -OCH3 is 1. The highest BCUT2D eigenvalue weighted by Crippen LogP contribution is 2.32. The molecule has 156 valence electrons. The van der Waals surface area contributed by atoms with Crippen LogP contribution < -0.4 is 14.4 Å². The first-order valence-electron chi connectivity index (χ1n) is 9.09. The third-order valence-corrected chi connectivity index (χ3v) is 6.88. The van der Waals surface area contributed by atoms with Gasteiger partial charge in [-0.3, -0.25) is 9.10 Å². The van der Waals surface area contributed by atoms with Crippen molar-refractivity contribution in [1.82, 2.24) is 0 Å². The summed E-state index contributed by atoms with van der Waals surface area (Å²) < 4.78 is 34.2. The van der Waals surface area contributed by atoms with Crippen molar-refractivity contribution in [2.24, 2.45) is 0 Å². The van der Waals surface area contributed by atoms with Crippen LogP contribution in [0.3, 0.4) is 0 Å². The lowest BCUT2D eigenvalue weighted by Crippen LogP contribution is -2.38. The topological polar surface area (TPSA) is 75.7 Å². The van der Waals surface area contributed by atoms with Gasteiger partial charge in [-0.2, -0.15) is 0 Å². The Hall–Kier alpha value is -2.59. The van der Waals surface area contributed by atoms with Crippen molar-refractivity contribution in [1.29, 1.82) is 0 Å².